The van der Waals surface area contributed by atoms with Gasteiger partial charge in [-0.3, -0.25) is 28.9 Å². The average Bonchev–Trinajstić information content (AvgIpc) is 3.12. The van der Waals surface area contributed by atoms with Crippen molar-refractivity contribution in [3.8, 4) is 11.5 Å². The number of carbonyl (C=O) groups excluding carboxylic acids is 4. The molecule has 0 radical (unpaired) electrons. The lowest BCUT2D eigenvalue weighted by Crippen LogP contribution is -2.39. The maximum Gasteiger partial charge on any atom is 0.303 e. The summed E-state index contributed by atoms with van der Waals surface area (Å²) >= 11 is 6.61. The minimum atomic E-state index is -1.01. The van der Waals surface area contributed by atoms with E-state index in [1.54, 1.807) is 12.1 Å². The normalized spacial score (nSPS) is 26.6. The number of imide groups is 1. The zero-order valence-electron chi connectivity index (χ0n) is 20.2. The van der Waals surface area contributed by atoms with Crippen molar-refractivity contribution >= 4 is 61.2 Å². The van der Waals surface area contributed by atoms with Gasteiger partial charge in [-0.2, -0.15) is 0 Å². The number of nitrogens with zero attached hydrogens (tertiary/aromatic N) is 1. The van der Waals surface area contributed by atoms with Gasteiger partial charge in [-0.1, -0.05) is 27.6 Å². The molecule has 1 heterocycles. The number of hydrogen-bond donors (Lipinski definition) is 2. The number of likely N-dealkylation sites (tertiary alicyclic amines) is 1. The van der Waals surface area contributed by atoms with E-state index in [2.05, 4.69) is 31.9 Å². The lowest BCUT2D eigenvalue weighted by atomic mass is 9.59. The minimum absolute atomic E-state index is 0.00567. The van der Waals surface area contributed by atoms with Crippen molar-refractivity contribution in [2.75, 3.05) is 13.7 Å². The quantitative estimate of drug-likeness (QED) is 0.270. The first kappa shape index (κ1) is 26.6. The Hall–Kier alpha value is -3.05. The van der Waals surface area contributed by atoms with Gasteiger partial charge in [0.25, 0.3) is 0 Å². The number of fused-ring (bicyclic) bond motifs is 3. The molecule has 38 heavy (non-hydrogen) atoms. The van der Waals surface area contributed by atoms with Crippen LogP contribution in [0.1, 0.15) is 37.2 Å². The van der Waals surface area contributed by atoms with Crippen LogP contribution < -0.4 is 4.74 Å². The van der Waals surface area contributed by atoms with Gasteiger partial charge in [0.2, 0.25) is 11.8 Å². The van der Waals surface area contributed by atoms with Crippen molar-refractivity contribution in [1.82, 2.24) is 4.90 Å². The standard InChI is InChI=1S/C27H23Br2NO8/c1-38-19-8-11(28)7-15(25(19)35)21-12-4-5-13-22(27(37)30(26(13)36)6-2-3-20(32)33)14(12)9-16-23(21)18(31)10-17(29)24(16)34/h4,7-8,10,13-14,21-22,35H,2-3,5-6,9H2,1H3,(H,32,33)/t13-,14+,21+,22-/m0/s1. The number of carboxylic acids is 1. The number of methoxy groups -OCH3 is 1. The molecule has 1 saturated heterocycles. The molecule has 4 atom stereocenters. The monoisotopic (exact) mass is 647 g/mol. The molecule has 198 valence electrons. The summed E-state index contributed by atoms with van der Waals surface area (Å²) in [6, 6.07) is 3.24. The Labute approximate surface area is 234 Å². The van der Waals surface area contributed by atoms with E-state index in [-0.39, 0.29) is 76.8 Å². The summed E-state index contributed by atoms with van der Waals surface area (Å²) in [5, 5.41) is 20.1. The maximum atomic E-state index is 13.6. The largest absolute Gasteiger partial charge is 0.504 e. The Morgan fingerprint density at radius 3 is 2.55 bits per heavy atom. The molecule has 3 aliphatic carbocycles. The van der Waals surface area contributed by atoms with E-state index in [4.69, 9.17) is 9.84 Å². The van der Waals surface area contributed by atoms with Gasteiger partial charge < -0.3 is 14.9 Å². The zero-order chi connectivity index (χ0) is 27.5. The summed E-state index contributed by atoms with van der Waals surface area (Å²) in [5.41, 5.74) is 1.53. The highest BCUT2D eigenvalue weighted by atomic mass is 79.9. The highest BCUT2D eigenvalue weighted by molar-refractivity contribution is 9.12. The van der Waals surface area contributed by atoms with Crippen LogP contribution in [0.25, 0.3) is 0 Å². The number of carbonyl (C=O) groups is 5. The second-order valence-corrected chi connectivity index (χ2v) is 11.5. The number of aromatic hydroxyl groups is 1. The van der Waals surface area contributed by atoms with Crippen LogP contribution in [0.15, 0.2) is 50.0 Å². The molecule has 4 aliphatic rings. The Morgan fingerprint density at radius 1 is 1.13 bits per heavy atom. The Balaban J connectivity index is 1.63. The van der Waals surface area contributed by atoms with Gasteiger partial charge >= 0.3 is 5.97 Å². The first-order chi connectivity index (χ1) is 18.0. The number of aliphatic carboxylic acids is 1. The van der Waals surface area contributed by atoms with Gasteiger partial charge in [-0.05, 0) is 53.2 Å². The number of benzene rings is 1. The molecule has 0 bridgehead atoms. The molecule has 9 nitrogen and oxygen atoms in total. The lowest BCUT2D eigenvalue weighted by molar-refractivity contribution is -0.142. The number of Topliss-reactive ketones (excluding diaryl/α,β-unsaturated/α-hetero) is 1. The van der Waals surface area contributed by atoms with Crippen LogP contribution in [0.3, 0.4) is 0 Å². The molecule has 2 N–H and O–H groups in total. The van der Waals surface area contributed by atoms with Crippen molar-refractivity contribution in [2.45, 2.75) is 31.6 Å². The van der Waals surface area contributed by atoms with Gasteiger partial charge in [-0.25, -0.2) is 0 Å². The molecule has 1 fully saturated rings. The van der Waals surface area contributed by atoms with Gasteiger partial charge in [-0.15, -0.1) is 0 Å². The molecule has 5 rings (SSSR count). The van der Waals surface area contributed by atoms with Crippen LogP contribution in [0.4, 0.5) is 0 Å². The molecular weight excluding hydrogens is 626 g/mol. The van der Waals surface area contributed by atoms with Crippen molar-refractivity contribution < 1.29 is 38.9 Å². The number of amides is 2. The molecule has 0 saturated carbocycles. The van der Waals surface area contributed by atoms with E-state index in [1.165, 1.54) is 13.2 Å². The summed E-state index contributed by atoms with van der Waals surface area (Å²) in [5.74, 6) is -5.29. The fourth-order valence-corrected chi connectivity index (χ4v) is 7.11. The fraction of sp³-hybridized carbons (Fsp3) is 0.370. The van der Waals surface area contributed by atoms with Crippen molar-refractivity contribution in [2.24, 2.45) is 17.8 Å². The second kappa shape index (κ2) is 9.92. The van der Waals surface area contributed by atoms with E-state index in [1.807, 2.05) is 6.08 Å². The summed E-state index contributed by atoms with van der Waals surface area (Å²) in [4.78, 5) is 65.5. The third kappa shape index (κ3) is 4.16. The Kier molecular flexibility index (Phi) is 6.93. The maximum absolute atomic E-state index is 13.6. The number of rotatable bonds is 6. The van der Waals surface area contributed by atoms with Gasteiger partial charge in [0.05, 0.1) is 23.4 Å². The highest BCUT2D eigenvalue weighted by Gasteiger charge is 2.56. The molecule has 1 aromatic rings. The van der Waals surface area contributed by atoms with E-state index in [0.717, 1.165) is 4.90 Å². The predicted octanol–water partition coefficient (Wildman–Crippen LogP) is 3.79. The van der Waals surface area contributed by atoms with Crippen molar-refractivity contribution in [3.05, 3.63) is 55.5 Å². The summed E-state index contributed by atoms with van der Waals surface area (Å²) in [6.45, 7) is 0.00567. The number of ketones is 2. The molecule has 0 unspecified atom stereocenters. The predicted molar refractivity (Wildman–Crippen MR) is 141 cm³/mol. The van der Waals surface area contributed by atoms with Gasteiger partial charge in [0.1, 0.15) is 0 Å². The van der Waals surface area contributed by atoms with Crippen LogP contribution in [-0.4, -0.2) is 58.1 Å². The van der Waals surface area contributed by atoms with Gasteiger partial charge in [0, 0.05) is 46.1 Å². The van der Waals surface area contributed by atoms with Crippen molar-refractivity contribution in [3.63, 3.8) is 0 Å². The van der Waals surface area contributed by atoms with Gasteiger partial charge in [0.15, 0.2) is 23.1 Å². The second-order valence-electron chi connectivity index (χ2n) is 9.76. The first-order valence-electron chi connectivity index (χ1n) is 12.1. The number of carboxylic acid groups (broad SMARTS) is 1. The van der Waals surface area contributed by atoms with E-state index < -0.39 is 35.5 Å². The number of phenolic OH excluding ortho intramolecular Hbond substituents is 1. The van der Waals surface area contributed by atoms with Crippen molar-refractivity contribution in [1.29, 1.82) is 0 Å². The van der Waals surface area contributed by atoms with E-state index in [0.29, 0.717) is 15.6 Å². The molecule has 2 amide bonds. The van der Waals surface area contributed by atoms with Crippen LogP contribution >= 0.6 is 31.9 Å². The minimum Gasteiger partial charge on any atom is -0.504 e. The average molecular weight is 649 g/mol. The summed E-state index contributed by atoms with van der Waals surface area (Å²) in [6.07, 6.45) is 3.40. The third-order valence-corrected chi connectivity index (χ3v) is 8.84. The van der Waals surface area contributed by atoms with E-state index in [9.17, 15) is 29.1 Å². The fourth-order valence-electron chi connectivity index (χ4n) is 6.21. The van der Waals surface area contributed by atoms with Crippen LogP contribution in [0.5, 0.6) is 11.5 Å². The molecule has 0 aromatic heterocycles. The number of halogens is 2. The van der Waals surface area contributed by atoms with E-state index >= 15 is 0 Å². The summed E-state index contributed by atoms with van der Waals surface area (Å²) in [7, 11) is 1.40. The molecule has 1 aromatic carbocycles. The Bertz CT molecular complexity index is 1410. The third-order valence-electron chi connectivity index (χ3n) is 7.79. The lowest BCUT2D eigenvalue weighted by Gasteiger charge is -2.42. The Morgan fingerprint density at radius 2 is 1.87 bits per heavy atom. The highest BCUT2D eigenvalue weighted by Crippen LogP contribution is 2.57. The number of ether oxygens (including phenoxy) is 1. The number of allylic oxidation sites excluding steroid dienone is 6. The zero-order valence-corrected chi connectivity index (χ0v) is 23.4. The SMILES string of the molecule is COc1cc(Br)cc([C@H]2C3=CC[C@@H]4C(=O)N(CCCC(=O)O)C(=O)[C@@H]4[C@@H]3CC3=C2C(=O)C=C(Br)C3=O)c1O. The first-order valence-corrected chi connectivity index (χ1v) is 13.7. The molecular formula is C27H23Br2NO8. The van der Waals surface area contributed by atoms with Crippen LogP contribution in [-0.2, 0) is 24.0 Å². The summed E-state index contributed by atoms with van der Waals surface area (Å²) < 4.78 is 6.03. The smallest absolute Gasteiger partial charge is 0.303 e. The molecule has 11 heteroatoms. The number of phenols is 1. The van der Waals surface area contributed by atoms with Crippen LogP contribution in [0.2, 0.25) is 0 Å². The number of hydrogen-bond acceptors (Lipinski definition) is 7. The topological polar surface area (TPSA) is 138 Å². The van der Waals surface area contributed by atoms with Crippen LogP contribution in [0, 0.1) is 17.8 Å². The molecule has 0 spiro atoms. The molecule has 1 aliphatic heterocycles.